The van der Waals surface area contributed by atoms with Crippen LogP contribution in [-0.4, -0.2) is 33.0 Å². The third-order valence-corrected chi connectivity index (χ3v) is 5.67. The Hall–Kier alpha value is -4.00. The number of rotatable bonds is 2. The standard InChI is InChI=1S/C23H16N4O3/c1-12-5-6-13-7-8-14-19(13)17(30-12)10-15(25-14)20-21(23(29)26-22(20)28)16-11-24-18-4-2-3-9-27(16)18/h2-9,11,15H,10H2,1H3,(H,26,28,29). The second-order valence-corrected chi connectivity index (χ2v) is 7.51. The molecule has 1 atom stereocenters. The van der Waals surface area contributed by atoms with Crippen molar-refractivity contribution in [1.82, 2.24) is 14.7 Å². The highest BCUT2D eigenvalue weighted by atomic mass is 16.5. The molecular formula is C23H16N4O3. The fourth-order valence-electron chi connectivity index (χ4n) is 4.38. The van der Waals surface area contributed by atoms with Gasteiger partial charge in [-0.3, -0.25) is 24.3 Å². The zero-order valence-electron chi connectivity index (χ0n) is 16.0. The van der Waals surface area contributed by atoms with Crippen molar-refractivity contribution in [3.63, 3.8) is 0 Å². The van der Waals surface area contributed by atoms with Gasteiger partial charge in [-0.2, -0.15) is 0 Å². The van der Waals surface area contributed by atoms with Crippen molar-refractivity contribution in [1.29, 1.82) is 0 Å². The number of hydrogen-bond donors (Lipinski definition) is 1. The lowest BCUT2D eigenvalue weighted by Gasteiger charge is -2.23. The summed E-state index contributed by atoms with van der Waals surface area (Å²) in [5, 5.41) is 2.44. The van der Waals surface area contributed by atoms with E-state index >= 15 is 0 Å². The van der Waals surface area contributed by atoms with Gasteiger partial charge in [0, 0.05) is 18.2 Å². The van der Waals surface area contributed by atoms with Crippen molar-refractivity contribution in [2.45, 2.75) is 19.4 Å². The highest BCUT2D eigenvalue weighted by Crippen LogP contribution is 2.39. The zero-order chi connectivity index (χ0) is 20.4. The predicted octanol–water partition coefficient (Wildman–Crippen LogP) is 2.64. The maximum absolute atomic E-state index is 12.8. The summed E-state index contributed by atoms with van der Waals surface area (Å²) in [6, 6.07) is 5.06. The molecule has 1 unspecified atom stereocenters. The smallest absolute Gasteiger partial charge is 0.260 e. The third-order valence-electron chi connectivity index (χ3n) is 5.67. The van der Waals surface area contributed by atoms with E-state index in [-0.39, 0.29) is 0 Å². The van der Waals surface area contributed by atoms with Gasteiger partial charge in [0.05, 0.1) is 34.8 Å². The second-order valence-electron chi connectivity index (χ2n) is 7.51. The number of amides is 2. The number of nitrogens with zero attached hydrogens (tertiary/aromatic N) is 3. The summed E-state index contributed by atoms with van der Waals surface area (Å²) < 4.78 is 7.86. The van der Waals surface area contributed by atoms with E-state index in [1.807, 2.05) is 55.6 Å². The maximum atomic E-state index is 12.8. The molecule has 0 aromatic carbocycles. The van der Waals surface area contributed by atoms with Gasteiger partial charge in [-0.05, 0) is 36.8 Å². The zero-order valence-corrected chi connectivity index (χ0v) is 16.0. The first-order valence-electron chi connectivity index (χ1n) is 9.68. The molecule has 30 heavy (non-hydrogen) atoms. The molecule has 6 rings (SSSR count). The van der Waals surface area contributed by atoms with E-state index in [0.29, 0.717) is 28.9 Å². The first-order chi connectivity index (χ1) is 14.6. The number of fused-ring (bicyclic) bond motifs is 1. The number of ether oxygens (including phenoxy) is 1. The summed E-state index contributed by atoms with van der Waals surface area (Å²) in [5.74, 6) is 0.694. The lowest BCUT2D eigenvalue weighted by molar-refractivity contribution is -0.123. The average Bonchev–Trinajstić information content (AvgIpc) is 3.37. The number of pyridine rings is 1. The van der Waals surface area contributed by atoms with Crippen molar-refractivity contribution in [2.24, 2.45) is 4.99 Å². The molecule has 0 spiro atoms. The molecule has 1 aliphatic carbocycles. The van der Waals surface area contributed by atoms with Crippen LogP contribution in [-0.2, 0) is 14.3 Å². The molecule has 3 aliphatic heterocycles. The molecule has 0 saturated heterocycles. The van der Waals surface area contributed by atoms with Gasteiger partial charge in [0.2, 0.25) is 0 Å². The quantitative estimate of drug-likeness (QED) is 0.791. The minimum absolute atomic E-state index is 0.315. The van der Waals surface area contributed by atoms with Gasteiger partial charge in [-0.25, -0.2) is 4.98 Å². The fourth-order valence-corrected chi connectivity index (χ4v) is 4.38. The Morgan fingerprint density at radius 3 is 2.93 bits per heavy atom. The number of allylic oxidation sites excluding steroid dienone is 7. The summed E-state index contributed by atoms with van der Waals surface area (Å²) in [6.07, 6.45) is 11.7. The Kier molecular flexibility index (Phi) is 3.38. The van der Waals surface area contributed by atoms with Crippen LogP contribution in [0.3, 0.4) is 0 Å². The monoisotopic (exact) mass is 396 g/mol. The van der Waals surface area contributed by atoms with Crippen molar-refractivity contribution < 1.29 is 14.3 Å². The Morgan fingerprint density at radius 2 is 2.03 bits per heavy atom. The van der Waals surface area contributed by atoms with Crippen LogP contribution in [0.5, 0.6) is 0 Å². The molecule has 4 aliphatic rings. The summed E-state index contributed by atoms with van der Waals surface area (Å²) in [7, 11) is 0. The van der Waals surface area contributed by atoms with Crippen LogP contribution in [0.1, 0.15) is 19.0 Å². The lowest BCUT2D eigenvalue weighted by atomic mass is 9.92. The number of hydrogen-bond acceptors (Lipinski definition) is 5. The second kappa shape index (κ2) is 6.00. The highest BCUT2D eigenvalue weighted by Gasteiger charge is 2.40. The number of aromatic nitrogens is 2. The number of aliphatic imine (C=N–C) groups is 1. The van der Waals surface area contributed by atoms with Crippen LogP contribution in [0.4, 0.5) is 0 Å². The Labute approximate surface area is 171 Å². The van der Waals surface area contributed by atoms with Crippen LogP contribution >= 0.6 is 0 Å². The molecule has 2 aromatic rings. The van der Waals surface area contributed by atoms with E-state index in [1.165, 1.54) is 0 Å². The van der Waals surface area contributed by atoms with E-state index < -0.39 is 17.9 Å². The fraction of sp³-hybridized carbons (Fsp3) is 0.130. The van der Waals surface area contributed by atoms with Gasteiger partial charge in [-0.15, -0.1) is 0 Å². The van der Waals surface area contributed by atoms with Gasteiger partial charge in [0.1, 0.15) is 17.2 Å². The SMILES string of the molecule is CC1=CC=C2C=CC3=NC(C4=C(c5cnc6ccccn56)C(=O)NC4=O)CC(=C23)O1. The largest absolute Gasteiger partial charge is 0.466 e. The van der Waals surface area contributed by atoms with E-state index in [9.17, 15) is 9.59 Å². The summed E-state index contributed by atoms with van der Waals surface area (Å²) in [6.45, 7) is 1.89. The van der Waals surface area contributed by atoms with E-state index in [4.69, 9.17) is 9.73 Å². The molecular weight excluding hydrogens is 380 g/mol. The van der Waals surface area contributed by atoms with Crippen LogP contribution in [0.15, 0.2) is 88.1 Å². The predicted molar refractivity (Wildman–Crippen MR) is 110 cm³/mol. The van der Waals surface area contributed by atoms with Gasteiger partial charge >= 0.3 is 0 Å². The van der Waals surface area contributed by atoms with E-state index in [0.717, 1.165) is 28.4 Å². The summed E-state index contributed by atoms with van der Waals surface area (Å²) >= 11 is 0. The molecule has 2 amide bonds. The Balaban J connectivity index is 1.52. The molecule has 146 valence electrons. The number of imidazole rings is 1. The number of carbonyl (C=O) groups is 2. The molecule has 1 N–H and O–H groups in total. The van der Waals surface area contributed by atoms with Crippen molar-refractivity contribution in [3.8, 4) is 0 Å². The number of nitrogens with one attached hydrogen (secondary N) is 1. The van der Waals surface area contributed by atoms with Crippen molar-refractivity contribution in [3.05, 3.63) is 88.8 Å². The number of carbonyl (C=O) groups excluding carboxylic acids is 2. The average molecular weight is 396 g/mol. The van der Waals surface area contributed by atoms with Crippen LogP contribution in [0, 0.1) is 0 Å². The molecule has 2 aromatic heterocycles. The Morgan fingerprint density at radius 1 is 1.13 bits per heavy atom. The van der Waals surface area contributed by atoms with Crippen molar-refractivity contribution >= 4 is 28.7 Å². The molecule has 0 saturated carbocycles. The Bertz CT molecular complexity index is 1360. The first-order valence-corrected chi connectivity index (χ1v) is 9.68. The number of dihydropyridines is 1. The normalized spacial score (nSPS) is 22.6. The molecule has 5 heterocycles. The minimum Gasteiger partial charge on any atom is -0.466 e. The highest BCUT2D eigenvalue weighted by molar-refractivity contribution is 6.36. The number of imide groups is 1. The van der Waals surface area contributed by atoms with Crippen LogP contribution in [0.25, 0.3) is 11.2 Å². The maximum Gasteiger partial charge on any atom is 0.260 e. The minimum atomic E-state index is -0.524. The summed E-state index contributed by atoms with van der Waals surface area (Å²) in [5.41, 5.74) is 4.72. The third kappa shape index (κ3) is 2.32. The summed E-state index contributed by atoms with van der Waals surface area (Å²) in [4.78, 5) is 34.8. The molecule has 0 bridgehead atoms. The molecule has 0 fully saturated rings. The van der Waals surface area contributed by atoms with E-state index in [1.54, 1.807) is 10.6 Å². The molecule has 7 heteroatoms. The van der Waals surface area contributed by atoms with Gasteiger partial charge in [-0.1, -0.05) is 18.2 Å². The topological polar surface area (TPSA) is 85.1 Å². The van der Waals surface area contributed by atoms with Crippen LogP contribution in [0.2, 0.25) is 0 Å². The molecule has 7 nitrogen and oxygen atoms in total. The van der Waals surface area contributed by atoms with Crippen molar-refractivity contribution in [2.75, 3.05) is 0 Å². The van der Waals surface area contributed by atoms with Gasteiger partial charge in [0.25, 0.3) is 11.8 Å². The first kappa shape index (κ1) is 16.9. The molecule has 0 radical (unpaired) electrons. The lowest BCUT2D eigenvalue weighted by Crippen LogP contribution is -2.28. The van der Waals surface area contributed by atoms with E-state index in [2.05, 4.69) is 10.3 Å². The van der Waals surface area contributed by atoms with Gasteiger partial charge in [0.15, 0.2) is 0 Å². The van der Waals surface area contributed by atoms with Crippen LogP contribution < -0.4 is 5.32 Å². The van der Waals surface area contributed by atoms with Gasteiger partial charge < -0.3 is 4.74 Å².